The molecule has 0 aliphatic carbocycles. The first-order valence-corrected chi connectivity index (χ1v) is 11.0. The Bertz CT molecular complexity index is 895. The van der Waals surface area contributed by atoms with Crippen molar-refractivity contribution in [3.8, 4) is 5.75 Å². The zero-order valence-electron chi connectivity index (χ0n) is 18.9. The molecular weight excluding hydrogens is 390 g/mol. The van der Waals surface area contributed by atoms with Crippen molar-refractivity contribution in [1.29, 1.82) is 0 Å². The van der Waals surface area contributed by atoms with Crippen molar-refractivity contribution in [3.05, 3.63) is 65.2 Å². The second-order valence-corrected chi connectivity index (χ2v) is 8.48. The first-order chi connectivity index (χ1) is 14.9. The Balaban J connectivity index is 1.66. The number of ether oxygens (including phenoxy) is 1. The number of benzene rings is 2. The summed E-state index contributed by atoms with van der Waals surface area (Å²) in [6, 6.07) is 15.5. The number of amides is 3. The van der Waals surface area contributed by atoms with Crippen LogP contribution in [0, 0.1) is 0 Å². The number of urea groups is 1. The lowest BCUT2D eigenvalue weighted by molar-refractivity contribution is 0.0939. The molecule has 0 bridgehead atoms. The van der Waals surface area contributed by atoms with Gasteiger partial charge in [0.25, 0.3) is 5.91 Å². The average Bonchev–Trinajstić information content (AvgIpc) is 2.78. The lowest BCUT2D eigenvalue weighted by Gasteiger charge is -2.33. The molecule has 3 rings (SSSR count). The Morgan fingerprint density at radius 1 is 1.06 bits per heavy atom. The van der Waals surface area contributed by atoms with Crippen LogP contribution in [-0.4, -0.2) is 43.1 Å². The van der Waals surface area contributed by atoms with E-state index in [2.05, 4.69) is 16.7 Å². The van der Waals surface area contributed by atoms with Crippen LogP contribution in [0.15, 0.2) is 48.5 Å². The average molecular weight is 424 g/mol. The Hall–Kier alpha value is -3.02. The molecule has 6 nitrogen and oxygen atoms in total. The van der Waals surface area contributed by atoms with E-state index in [0.29, 0.717) is 12.1 Å². The van der Waals surface area contributed by atoms with E-state index in [4.69, 9.17) is 4.74 Å². The summed E-state index contributed by atoms with van der Waals surface area (Å²) < 4.78 is 5.20. The Morgan fingerprint density at radius 3 is 2.48 bits per heavy atom. The molecule has 2 N–H and O–H groups in total. The molecule has 1 aliphatic heterocycles. The highest BCUT2D eigenvalue weighted by Crippen LogP contribution is 2.28. The number of nitrogens with zero attached hydrogens (tertiary/aromatic N) is 1. The van der Waals surface area contributed by atoms with Crippen LogP contribution in [0.1, 0.15) is 67.1 Å². The minimum absolute atomic E-state index is 0.0121. The van der Waals surface area contributed by atoms with Gasteiger partial charge < -0.3 is 20.3 Å². The molecule has 1 saturated heterocycles. The first-order valence-electron chi connectivity index (χ1n) is 11.0. The smallest absolute Gasteiger partial charge is 0.317 e. The molecule has 1 aliphatic rings. The van der Waals surface area contributed by atoms with Crippen LogP contribution in [0.4, 0.5) is 4.79 Å². The van der Waals surface area contributed by atoms with Crippen LogP contribution in [0.25, 0.3) is 0 Å². The number of rotatable bonds is 6. The molecule has 2 aromatic rings. The number of carbonyl (C=O) groups is 2. The van der Waals surface area contributed by atoms with Crippen LogP contribution in [0.2, 0.25) is 0 Å². The lowest BCUT2D eigenvalue weighted by Crippen LogP contribution is -2.47. The van der Waals surface area contributed by atoms with Crippen molar-refractivity contribution < 1.29 is 14.3 Å². The van der Waals surface area contributed by atoms with Crippen LogP contribution < -0.4 is 15.4 Å². The fourth-order valence-corrected chi connectivity index (χ4v) is 3.96. The van der Waals surface area contributed by atoms with Gasteiger partial charge in [-0.3, -0.25) is 4.79 Å². The van der Waals surface area contributed by atoms with Gasteiger partial charge in [0, 0.05) is 30.6 Å². The van der Waals surface area contributed by atoms with Crippen LogP contribution >= 0.6 is 0 Å². The highest BCUT2D eigenvalue weighted by atomic mass is 16.5. The third-order valence-electron chi connectivity index (χ3n) is 5.70. The fourth-order valence-electron chi connectivity index (χ4n) is 3.96. The molecule has 2 atom stereocenters. The van der Waals surface area contributed by atoms with Gasteiger partial charge in [-0.25, -0.2) is 4.79 Å². The molecule has 166 valence electrons. The Morgan fingerprint density at radius 2 is 1.81 bits per heavy atom. The summed E-state index contributed by atoms with van der Waals surface area (Å²) >= 11 is 0. The summed E-state index contributed by atoms with van der Waals surface area (Å²) in [6.45, 7) is 7.35. The summed E-state index contributed by atoms with van der Waals surface area (Å²) in [6.07, 6.45) is 1.97. The molecule has 0 saturated carbocycles. The van der Waals surface area contributed by atoms with Gasteiger partial charge in [-0.05, 0) is 69.0 Å². The minimum Gasteiger partial charge on any atom is -0.497 e. The molecule has 2 aromatic carbocycles. The van der Waals surface area contributed by atoms with E-state index < -0.39 is 0 Å². The minimum atomic E-state index is -0.119. The zero-order valence-corrected chi connectivity index (χ0v) is 18.9. The number of methoxy groups -OCH3 is 1. The topological polar surface area (TPSA) is 70.7 Å². The van der Waals surface area contributed by atoms with Gasteiger partial charge in [0.05, 0.1) is 13.2 Å². The molecular formula is C25H33N3O3. The largest absolute Gasteiger partial charge is 0.497 e. The molecule has 0 unspecified atom stereocenters. The fraction of sp³-hybridized carbons (Fsp3) is 0.440. The van der Waals surface area contributed by atoms with Crippen LogP contribution in [0.3, 0.4) is 0 Å². The van der Waals surface area contributed by atoms with E-state index in [1.807, 2.05) is 68.1 Å². The van der Waals surface area contributed by atoms with Crippen molar-refractivity contribution in [3.63, 3.8) is 0 Å². The number of hydrogen-bond acceptors (Lipinski definition) is 3. The molecule has 1 fully saturated rings. The number of piperidine rings is 1. The summed E-state index contributed by atoms with van der Waals surface area (Å²) in [4.78, 5) is 27.2. The van der Waals surface area contributed by atoms with Crippen LogP contribution in [-0.2, 0) is 0 Å². The normalized spacial score (nSPS) is 17.2. The van der Waals surface area contributed by atoms with Crippen molar-refractivity contribution in [2.45, 2.75) is 51.6 Å². The molecule has 1 heterocycles. The SMILES string of the molecule is COc1ccc([C@H](C)NC(=O)c2cccc([C@@H]3CCCN(C(=O)NC(C)C)C3)c2)cc1. The highest BCUT2D eigenvalue weighted by molar-refractivity contribution is 5.94. The monoisotopic (exact) mass is 423 g/mol. The van der Waals surface area contributed by atoms with E-state index in [9.17, 15) is 9.59 Å². The van der Waals surface area contributed by atoms with Gasteiger partial charge >= 0.3 is 6.03 Å². The van der Waals surface area contributed by atoms with E-state index in [1.165, 1.54) is 0 Å². The number of likely N-dealkylation sites (tertiary alicyclic amines) is 1. The summed E-state index contributed by atoms with van der Waals surface area (Å²) in [5, 5.41) is 6.05. The van der Waals surface area contributed by atoms with Gasteiger partial charge in [0.15, 0.2) is 0 Å². The molecule has 0 spiro atoms. The van der Waals surface area contributed by atoms with Gasteiger partial charge in [0.1, 0.15) is 5.75 Å². The van der Waals surface area contributed by atoms with Gasteiger partial charge in [-0.2, -0.15) is 0 Å². The van der Waals surface area contributed by atoms with Crippen molar-refractivity contribution in [2.24, 2.45) is 0 Å². The molecule has 31 heavy (non-hydrogen) atoms. The highest BCUT2D eigenvalue weighted by Gasteiger charge is 2.25. The number of nitrogens with one attached hydrogen (secondary N) is 2. The quantitative estimate of drug-likeness (QED) is 0.719. The maximum atomic E-state index is 12.9. The second kappa shape index (κ2) is 10.3. The zero-order chi connectivity index (χ0) is 22.4. The van der Waals surface area contributed by atoms with Crippen molar-refractivity contribution >= 4 is 11.9 Å². The number of carbonyl (C=O) groups excluding carboxylic acids is 2. The molecule has 6 heteroatoms. The maximum Gasteiger partial charge on any atom is 0.317 e. The van der Waals surface area contributed by atoms with Gasteiger partial charge in [-0.1, -0.05) is 24.3 Å². The van der Waals surface area contributed by atoms with Gasteiger partial charge in [-0.15, -0.1) is 0 Å². The third-order valence-corrected chi connectivity index (χ3v) is 5.70. The predicted octanol–water partition coefficient (Wildman–Crippen LogP) is 4.48. The summed E-state index contributed by atoms with van der Waals surface area (Å²) in [7, 11) is 1.63. The van der Waals surface area contributed by atoms with E-state index >= 15 is 0 Å². The number of hydrogen-bond donors (Lipinski definition) is 2. The Kier molecular flexibility index (Phi) is 7.55. The molecule has 3 amide bonds. The van der Waals surface area contributed by atoms with Crippen molar-refractivity contribution in [1.82, 2.24) is 15.5 Å². The first kappa shape index (κ1) is 22.7. The van der Waals surface area contributed by atoms with Crippen LogP contribution in [0.5, 0.6) is 5.75 Å². The maximum absolute atomic E-state index is 12.9. The Labute approximate surface area is 185 Å². The molecule has 0 radical (unpaired) electrons. The summed E-state index contributed by atoms with van der Waals surface area (Å²) in [5.41, 5.74) is 2.76. The third kappa shape index (κ3) is 6.00. The second-order valence-electron chi connectivity index (χ2n) is 8.48. The standard InChI is InChI=1S/C25H33N3O3/c1-17(2)26-25(30)28-14-6-9-22(16-28)20-7-5-8-21(15-20)24(29)27-18(3)19-10-12-23(31-4)13-11-19/h5,7-8,10-13,15,17-18,22H,6,9,14,16H2,1-4H3,(H,26,30)(H,27,29)/t18-,22+/m0/s1. The predicted molar refractivity (Wildman–Crippen MR) is 123 cm³/mol. The lowest BCUT2D eigenvalue weighted by atomic mass is 9.89. The van der Waals surface area contributed by atoms with Crippen molar-refractivity contribution in [2.75, 3.05) is 20.2 Å². The van der Waals surface area contributed by atoms with Gasteiger partial charge in [0.2, 0.25) is 0 Å². The van der Waals surface area contributed by atoms with E-state index in [0.717, 1.165) is 36.3 Å². The van der Waals surface area contributed by atoms with E-state index in [1.54, 1.807) is 7.11 Å². The summed E-state index contributed by atoms with van der Waals surface area (Å²) in [5.74, 6) is 0.924. The molecule has 0 aromatic heterocycles. The van der Waals surface area contributed by atoms with E-state index in [-0.39, 0.29) is 29.9 Å².